The van der Waals surface area contributed by atoms with Gasteiger partial charge in [0.25, 0.3) is 5.91 Å². The van der Waals surface area contributed by atoms with Crippen molar-refractivity contribution in [2.75, 3.05) is 7.11 Å². The second-order valence-corrected chi connectivity index (χ2v) is 6.39. The first-order valence-corrected chi connectivity index (χ1v) is 8.03. The Morgan fingerprint density at radius 1 is 1.14 bits per heavy atom. The van der Waals surface area contributed by atoms with Crippen molar-refractivity contribution in [3.05, 3.63) is 57.8 Å². The molecule has 5 heteroatoms. The Bertz CT molecular complexity index is 676. The topological polar surface area (TPSA) is 46.6 Å². The quantitative estimate of drug-likeness (QED) is 0.795. The molecule has 1 aromatic carbocycles. The van der Waals surface area contributed by atoms with Crippen LogP contribution in [0.3, 0.4) is 0 Å². The molecule has 114 valence electrons. The maximum absolute atomic E-state index is 12.7. The first-order valence-electron chi connectivity index (χ1n) is 7.22. The van der Waals surface area contributed by atoms with Gasteiger partial charge < -0.3 is 9.64 Å². The number of benzene rings is 1. The average molecular weight is 315 g/mol. The molecule has 2 aromatic rings. The summed E-state index contributed by atoms with van der Waals surface area (Å²) >= 11 is 1.19. The molecule has 1 amide bonds. The maximum atomic E-state index is 12.7. The van der Waals surface area contributed by atoms with Gasteiger partial charge in [-0.2, -0.15) is 0 Å². The van der Waals surface area contributed by atoms with Crippen LogP contribution in [0.4, 0.5) is 0 Å². The van der Waals surface area contributed by atoms with Crippen LogP contribution in [0.25, 0.3) is 0 Å². The molecule has 0 unspecified atom stereocenters. The second-order valence-electron chi connectivity index (χ2n) is 5.31. The van der Waals surface area contributed by atoms with Crippen LogP contribution in [0.2, 0.25) is 0 Å². The SMILES string of the molecule is COC(=O)c1ccc(C(=O)N(Cc2ccccc2)C2CC2)s1. The van der Waals surface area contributed by atoms with E-state index in [1.54, 1.807) is 12.1 Å². The van der Waals surface area contributed by atoms with Crippen LogP contribution in [0.5, 0.6) is 0 Å². The third-order valence-electron chi connectivity index (χ3n) is 3.65. The number of ether oxygens (including phenoxy) is 1. The van der Waals surface area contributed by atoms with E-state index in [0.29, 0.717) is 22.3 Å². The van der Waals surface area contributed by atoms with Crippen LogP contribution in [0, 0.1) is 0 Å². The zero-order valence-corrected chi connectivity index (χ0v) is 13.1. The summed E-state index contributed by atoms with van der Waals surface area (Å²) in [6.45, 7) is 0.607. The molecule has 1 aliphatic rings. The molecule has 1 fully saturated rings. The summed E-state index contributed by atoms with van der Waals surface area (Å²) in [5, 5.41) is 0. The van der Waals surface area contributed by atoms with Crippen molar-refractivity contribution < 1.29 is 14.3 Å². The predicted molar refractivity (Wildman–Crippen MR) is 85.0 cm³/mol. The van der Waals surface area contributed by atoms with E-state index in [1.165, 1.54) is 18.4 Å². The minimum atomic E-state index is -0.398. The number of hydrogen-bond acceptors (Lipinski definition) is 4. The fraction of sp³-hybridized carbons (Fsp3) is 0.294. The van der Waals surface area contributed by atoms with Gasteiger partial charge in [0.05, 0.1) is 12.0 Å². The molecule has 4 nitrogen and oxygen atoms in total. The van der Waals surface area contributed by atoms with Crippen molar-refractivity contribution in [3.63, 3.8) is 0 Å². The van der Waals surface area contributed by atoms with Gasteiger partial charge in [0, 0.05) is 12.6 Å². The predicted octanol–water partition coefficient (Wildman–Crippen LogP) is 3.34. The number of esters is 1. The molecule has 1 saturated carbocycles. The number of carbonyl (C=O) groups excluding carboxylic acids is 2. The van der Waals surface area contributed by atoms with E-state index in [4.69, 9.17) is 4.74 Å². The minimum absolute atomic E-state index is 0.00786. The Hall–Kier alpha value is -2.14. The van der Waals surface area contributed by atoms with Gasteiger partial charge in [-0.05, 0) is 30.5 Å². The summed E-state index contributed by atoms with van der Waals surface area (Å²) < 4.78 is 4.69. The average Bonchev–Trinajstić information content (AvgIpc) is 3.28. The summed E-state index contributed by atoms with van der Waals surface area (Å²) in [6.07, 6.45) is 2.10. The largest absolute Gasteiger partial charge is 0.465 e. The summed E-state index contributed by atoms with van der Waals surface area (Å²) in [4.78, 5) is 27.2. The first-order chi connectivity index (χ1) is 10.7. The molecule has 0 N–H and O–H groups in total. The fourth-order valence-corrected chi connectivity index (χ4v) is 3.22. The minimum Gasteiger partial charge on any atom is -0.465 e. The van der Waals surface area contributed by atoms with Crippen molar-refractivity contribution in [1.82, 2.24) is 4.90 Å². The van der Waals surface area contributed by atoms with Crippen molar-refractivity contribution in [2.45, 2.75) is 25.4 Å². The van der Waals surface area contributed by atoms with Gasteiger partial charge in [0.2, 0.25) is 0 Å². The van der Waals surface area contributed by atoms with Crippen LogP contribution in [-0.4, -0.2) is 29.9 Å². The van der Waals surface area contributed by atoms with Crippen LogP contribution < -0.4 is 0 Å². The Balaban J connectivity index is 1.78. The fourth-order valence-electron chi connectivity index (χ4n) is 2.34. The number of rotatable bonds is 5. The Labute approximate surface area is 133 Å². The van der Waals surface area contributed by atoms with Crippen molar-refractivity contribution >= 4 is 23.2 Å². The van der Waals surface area contributed by atoms with Crippen LogP contribution >= 0.6 is 11.3 Å². The normalized spacial score (nSPS) is 13.7. The van der Waals surface area contributed by atoms with Gasteiger partial charge in [0.1, 0.15) is 4.88 Å². The Morgan fingerprint density at radius 3 is 2.45 bits per heavy atom. The Morgan fingerprint density at radius 2 is 1.82 bits per heavy atom. The van der Waals surface area contributed by atoms with Crippen LogP contribution in [-0.2, 0) is 11.3 Å². The third-order valence-corrected chi connectivity index (χ3v) is 4.70. The van der Waals surface area contributed by atoms with E-state index in [0.717, 1.165) is 18.4 Å². The van der Waals surface area contributed by atoms with Crippen molar-refractivity contribution in [1.29, 1.82) is 0 Å². The molecular formula is C17H17NO3S. The standard InChI is InChI=1S/C17H17NO3S/c1-21-17(20)15-10-9-14(22-15)16(19)18(13-7-8-13)11-12-5-3-2-4-6-12/h2-6,9-10,13H,7-8,11H2,1H3. The number of amides is 1. The summed E-state index contributed by atoms with van der Waals surface area (Å²) in [5.41, 5.74) is 1.12. The molecule has 0 bridgehead atoms. The van der Waals surface area contributed by atoms with Crippen LogP contribution in [0.15, 0.2) is 42.5 Å². The molecule has 0 spiro atoms. The van der Waals surface area contributed by atoms with Gasteiger partial charge in [-0.3, -0.25) is 4.79 Å². The smallest absolute Gasteiger partial charge is 0.348 e. The van der Waals surface area contributed by atoms with Gasteiger partial charge in [-0.1, -0.05) is 30.3 Å². The number of nitrogens with zero attached hydrogens (tertiary/aromatic N) is 1. The molecular weight excluding hydrogens is 298 g/mol. The van der Waals surface area contributed by atoms with E-state index in [9.17, 15) is 9.59 Å². The van der Waals surface area contributed by atoms with Gasteiger partial charge in [-0.25, -0.2) is 4.79 Å². The highest BCUT2D eigenvalue weighted by molar-refractivity contribution is 7.15. The lowest BCUT2D eigenvalue weighted by Crippen LogP contribution is -2.32. The molecule has 22 heavy (non-hydrogen) atoms. The molecule has 3 rings (SSSR count). The first kappa shape index (κ1) is 14.8. The van der Waals surface area contributed by atoms with Crippen LogP contribution in [0.1, 0.15) is 37.7 Å². The van der Waals surface area contributed by atoms with E-state index in [2.05, 4.69) is 0 Å². The maximum Gasteiger partial charge on any atom is 0.348 e. The number of thiophene rings is 1. The summed E-state index contributed by atoms with van der Waals surface area (Å²) in [5.74, 6) is -0.406. The van der Waals surface area contributed by atoms with E-state index >= 15 is 0 Å². The second kappa shape index (κ2) is 6.32. The zero-order chi connectivity index (χ0) is 15.5. The van der Waals surface area contributed by atoms with E-state index in [-0.39, 0.29) is 5.91 Å². The molecule has 0 atom stereocenters. The summed E-state index contributed by atoms with van der Waals surface area (Å²) in [6, 6.07) is 13.6. The van der Waals surface area contributed by atoms with E-state index in [1.807, 2.05) is 35.2 Å². The highest BCUT2D eigenvalue weighted by Crippen LogP contribution is 2.31. The molecule has 1 aliphatic carbocycles. The highest BCUT2D eigenvalue weighted by Gasteiger charge is 2.33. The third kappa shape index (κ3) is 3.20. The van der Waals surface area contributed by atoms with E-state index < -0.39 is 5.97 Å². The lowest BCUT2D eigenvalue weighted by atomic mass is 10.2. The molecule has 0 radical (unpaired) electrons. The highest BCUT2D eigenvalue weighted by atomic mass is 32.1. The number of methoxy groups -OCH3 is 1. The lowest BCUT2D eigenvalue weighted by Gasteiger charge is -2.21. The monoisotopic (exact) mass is 315 g/mol. The van der Waals surface area contributed by atoms with Gasteiger partial charge in [-0.15, -0.1) is 11.3 Å². The van der Waals surface area contributed by atoms with Crippen molar-refractivity contribution in [2.24, 2.45) is 0 Å². The Kier molecular flexibility index (Phi) is 4.24. The summed E-state index contributed by atoms with van der Waals surface area (Å²) in [7, 11) is 1.34. The zero-order valence-electron chi connectivity index (χ0n) is 12.3. The molecule has 1 aromatic heterocycles. The van der Waals surface area contributed by atoms with Crippen molar-refractivity contribution in [3.8, 4) is 0 Å². The molecule has 1 heterocycles. The van der Waals surface area contributed by atoms with Gasteiger partial charge in [0.15, 0.2) is 0 Å². The number of hydrogen-bond donors (Lipinski definition) is 0. The molecule has 0 saturated heterocycles. The number of carbonyl (C=O) groups is 2. The lowest BCUT2D eigenvalue weighted by molar-refractivity contribution is 0.0606. The van der Waals surface area contributed by atoms with Gasteiger partial charge >= 0.3 is 5.97 Å². The molecule has 0 aliphatic heterocycles.